The van der Waals surface area contributed by atoms with Crippen LogP contribution in [0.3, 0.4) is 0 Å². The van der Waals surface area contributed by atoms with Crippen molar-refractivity contribution < 1.29 is 4.79 Å². The van der Waals surface area contributed by atoms with E-state index in [2.05, 4.69) is 20.6 Å². The molecule has 1 saturated heterocycles. The lowest BCUT2D eigenvalue weighted by molar-refractivity contribution is -0.120. The number of piperidine rings is 1. The SMILES string of the molecule is O=C1[C@H](Nc2ccc3nnc(C4CC4)n3n2)CCCN1c1ccccc1. The molecule has 26 heavy (non-hydrogen) atoms. The number of nitrogens with one attached hydrogen (secondary N) is 1. The minimum Gasteiger partial charge on any atom is -0.357 e. The minimum absolute atomic E-state index is 0.0931. The van der Waals surface area contributed by atoms with Gasteiger partial charge in [-0.25, -0.2) is 0 Å². The third-order valence-corrected chi connectivity index (χ3v) is 5.06. The third kappa shape index (κ3) is 2.69. The number of aromatic nitrogens is 4. The topological polar surface area (TPSA) is 75.4 Å². The summed E-state index contributed by atoms with van der Waals surface area (Å²) in [6.07, 6.45) is 4.06. The molecule has 1 N–H and O–H groups in total. The van der Waals surface area contributed by atoms with E-state index in [0.29, 0.717) is 11.7 Å². The van der Waals surface area contributed by atoms with E-state index >= 15 is 0 Å². The van der Waals surface area contributed by atoms with Gasteiger partial charge in [-0.2, -0.15) is 4.52 Å². The van der Waals surface area contributed by atoms with Gasteiger partial charge in [0, 0.05) is 18.2 Å². The van der Waals surface area contributed by atoms with Gasteiger partial charge in [-0.3, -0.25) is 4.79 Å². The Labute approximate surface area is 151 Å². The Hall–Kier alpha value is -2.96. The van der Waals surface area contributed by atoms with E-state index in [1.54, 1.807) is 0 Å². The van der Waals surface area contributed by atoms with Crippen LogP contribution in [0.15, 0.2) is 42.5 Å². The number of fused-ring (bicyclic) bond motifs is 1. The summed E-state index contributed by atoms with van der Waals surface area (Å²) in [5.41, 5.74) is 1.69. The predicted octanol–water partition coefficient (Wildman–Crippen LogP) is 2.61. The highest BCUT2D eigenvalue weighted by molar-refractivity contribution is 5.99. The van der Waals surface area contributed by atoms with Crippen LogP contribution in [0, 0.1) is 0 Å². The second-order valence-electron chi connectivity index (χ2n) is 6.99. The summed E-state index contributed by atoms with van der Waals surface area (Å²) in [6, 6.07) is 13.3. The van der Waals surface area contributed by atoms with Crippen LogP contribution in [0.1, 0.15) is 37.4 Å². The molecule has 1 amide bonds. The van der Waals surface area contributed by atoms with E-state index in [1.807, 2.05) is 51.9 Å². The highest BCUT2D eigenvalue weighted by Gasteiger charge is 2.31. The molecule has 3 aromatic rings. The first kappa shape index (κ1) is 15.3. The molecule has 2 aromatic heterocycles. The molecule has 0 radical (unpaired) electrons. The highest BCUT2D eigenvalue weighted by atomic mass is 16.2. The lowest BCUT2D eigenvalue weighted by Gasteiger charge is -2.32. The standard InChI is InChI=1S/C19H20N6O/c26-19-15(7-4-12-24(19)14-5-2-1-3-6-14)20-16-10-11-17-21-22-18(13-8-9-13)25(17)23-16/h1-3,5-6,10-11,13,15H,4,7-9,12H2,(H,20,23)/t15-/m1/s1. The molecule has 1 saturated carbocycles. The fraction of sp³-hybridized carbons (Fsp3) is 0.368. The summed E-state index contributed by atoms with van der Waals surface area (Å²) < 4.78 is 1.81. The van der Waals surface area contributed by atoms with Gasteiger partial charge in [0.2, 0.25) is 5.91 Å². The number of amides is 1. The molecule has 132 valence electrons. The summed E-state index contributed by atoms with van der Waals surface area (Å²) in [5, 5.41) is 16.4. The van der Waals surface area contributed by atoms with Gasteiger partial charge in [-0.05, 0) is 49.9 Å². The summed E-state index contributed by atoms with van der Waals surface area (Å²) in [7, 11) is 0. The van der Waals surface area contributed by atoms with Gasteiger partial charge >= 0.3 is 0 Å². The van der Waals surface area contributed by atoms with Crippen LogP contribution in [0.5, 0.6) is 0 Å². The zero-order chi connectivity index (χ0) is 17.5. The zero-order valence-electron chi connectivity index (χ0n) is 14.4. The Morgan fingerprint density at radius 1 is 1.00 bits per heavy atom. The van der Waals surface area contributed by atoms with Crippen LogP contribution in [0.4, 0.5) is 11.5 Å². The maximum Gasteiger partial charge on any atom is 0.249 e. The molecular weight excluding hydrogens is 328 g/mol. The second kappa shape index (κ2) is 6.09. The normalized spacial score (nSPS) is 20.5. The Kier molecular flexibility index (Phi) is 3.58. The van der Waals surface area contributed by atoms with Gasteiger partial charge in [0.05, 0.1) is 0 Å². The van der Waals surface area contributed by atoms with Gasteiger partial charge in [-0.1, -0.05) is 18.2 Å². The zero-order valence-corrected chi connectivity index (χ0v) is 14.4. The third-order valence-electron chi connectivity index (χ3n) is 5.06. The van der Waals surface area contributed by atoms with Gasteiger partial charge in [0.15, 0.2) is 11.5 Å². The molecule has 7 heteroatoms. The van der Waals surface area contributed by atoms with Crippen molar-refractivity contribution in [3.8, 4) is 0 Å². The summed E-state index contributed by atoms with van der Waals surface area (Å²) in [4.78, 5) is 14.8. The molecule has 0 spiro atoms. The maximum absolute atomic E-state index is 12.9. The molecule has 5 rings (SSSR count). The van der Waals surface area contributed by atoms with Crippen molar-refractivity contribution >= 4 is 23.1 Å². The lowest BCUT2D eigenvalue weighted by atomic mass is 10.0. The molecule has 2 fully saturated rings. The predicted molar refractivity (Wildman–Crippen MR) is 98.2 cm³/mol. The van der Waals surface area contributed by atoms with Gasteiger partial charge in [0.25, 0.3) is 0 Å². The van der Waals surface area contributed by atoms with Crippen LogP contribution >= 0.6 is 0 Å². The maximum atomic E-state index is 12.9. The Bertz CT molecular complexity index is 949. The number of hydrogen-bond acceptors (Lipinski definition) is 5. The van der Waals surface area contributed by atoms with E-state index < -0.39 is 0 Å². The average Bonchev–Trinajstić information content (AvgIpc) is 3.44. The number of hydrogen-bond donors (Lipinski definition) is 1. The largest absolute Gasteiger partial charge is 0.357 e. The number of nitrogens with zero attached hydrogens (tertiary/aromatic N) is 5. The molecule has 3 heterocycles. The number of para-hydroxylation sites is 1. The molecule has 0 bridgehead atoms. The lowest BCUT2D eigenvalue weighted by Crippen LogP contribution is -2.47. The molecule has 1 aliphatic carbocycles. The minimum atomic E-state index is -0.269. The summed E-state index contributed by atoms with van der Waals surface area (Å²) in [6.45, 7) is 0.755. The fourth-order valence-corrected chi connectivity index (χ4v) is 3.53. The summed E-state index contributed by atoms with van der Waals surface area (Å²) >= 11 is 0. The molecule has 0 unspecified atom stereocenters. The van der Waals surface area contributed by atoms with E-state index in [1.165, 1.54) is 0 Å². The van der Waals surface area contributed by atoms with Gasteiger partial charge < -0.3 is 10.2 Å². The smallest absolute Gasteiger partial charge is 0.249 e. The number of anilines is 2. The van der Waals surface area contributed by atoms with E-state index in [4.69, 9.17) is 0 Å². The number of carbonyl (C=O) groups is 1. The van der Waals surface area contributed by atoms with Crippen molar-refractivity contribution in [1.29, 1.82) is 0 Å². The second-order valence-corrected chi connectivity index (χ2v) is 6.99. The van der Waals surface area contributed by atoms with E-state index in [9.17, 15) is 4.79 Å². The molecule has 2 aliphatic rings. The average molecular weight is 348 g/mol. The van der Waals surface area contributed by atoms with Crippen molar-refractivity contribution in [2.24, 2.45) is 0 Å². The first-order valence-corrected chi connectivity index (χ1v) is 9.15. The molecular formula is C19H20N6O. The monoisotopic (exact) mass is 348 g/mol. The Morgan fingerprint density at radius 3 is 2.65 bits per heavy atom. The van der Waals surface area contributed by atoms with Crippen molar-refractivity contribution in [3.63, 3.8) is 0 Å². The fourth-order valence-electron chi connectivity index (χ4n) is 3.53. The Balaban J connectivity index is 1.39. The molecule has 1 aliphatic heterocycles. The quantitative estimate of drug-likeness (QED) is 0.784. The van der Waals surface area contributed by atoms with E-state index in [0.717, 1.165) is 49.4 Å². The number of benzene rings is 1. The van der Waals surface area contributed by atoms with Crippen LogP contribution in [-0.2, 0) is 4.79 Å². The van der Waals surface area contributed by atoms with Crippen molar-refractivity contribution in [3.05, 3.63) is 48.3 Å². The van der Waals surface area contributed by atoms with Crippen LogP contribution in [-0.4, -0.2) is 38.3 Å². The van der Waals surface area contributed by atoms with Crippen LogP contribution in [0.2, 0.25) is 0 Å². The van der Waals surface area contributed by atoms with Crippen LogP contribution < -0.4 is 10.2 Å². The first-order chi connectivity index (χ1) is 12.8. The molecule has 1 aromatic carbocycles. The summed E-state index contributed by atoms with van der Waals surface area (Å²) in [5.74, 6) is 2.17. The number of rotatable bonds is 4. The molecule has 7 nitrogen and oxygen atoms in total. The Morgan fingerprint density at radius 2 is 1.85 bits per heavy atom. The van der Waals surface area contributed by atoms with Crippen LogP contribution in [0.25, 0.3) is 5.65 Å². The first-order valence-electron chi connectivity index (χ1n) is 9.15. The van der Waals surface area contributed by atoms with Crippen molar-refractivity contribution in [2.75, 3.05) is 16.8 Å². The van der Waals surface area contributed by atoms with E-state index in [-0.39, 0.29) is 11.9 Å². The number of carbonyl (C=O) groups excluding carboxylic acids is 1. The van der Waals surface area contributed by atoms with Crippen molar-refractivity contribution in [1.82, 2.24) is 19.8 Å². The van der Waals surface area contributed by atoms with Crippen molar-refractivity contribution in [2.45, 2.75) is 37.6 Å². The van der Waals surface area contributed by atoms with Gasteiger partial charge in [0.1, 0.15) is 11.9 Å². The van der Waals surface area contributed by atoms with Gasteiger partial charge in [-0.15, -0.1) is 15.3 Å². The molecule has 1 atom stereocenters. The highest BCUT2D eigenvalue weighted by Crippen LogP contribution is 2.38.